The predicted molar refractivity (Wildman–Crippen MR) is 73.9 cm³/mol. The Bertz CT molecular complexity index is 412. The maximum Gasteiger partial charge on any atom is 0.227 e. The van der Waals surface area contributed by atoms with Crippen LogP contribution in [0.25, 0.3) is 0 Å². The number of anilines is 1. The smallest absolute Gasteiger partial charge is 0.227 e. The molecule has 0 bridgehead atoms. The lowest BCUT2D eigenvalue weighted by molar-refractivity contribution is -0.120. The van der Waals surface area contributed by atoms with Gasteiger partial charge in [-0.2, -0.15) is 0 Å². The highest BCUT2D eigenvalue weighted by molar-refractivity contribution is 5.92. The zero-order chi connectivity index (χ0) is 12.3. The molecule has 2 rings (SSSR count). The first-order valence-corrected chi connectivity index (χ1v) is 6.00. The number of nitrogens with two attached hydrogens (primary N) is 1. The summed E-state index contributed by atoms with van der Waals surface area (Å²) >= 11 is 0. The molecule has 0 spiro atoms. The summed E-state index contributed by atoms with van der Waals surface area (Å²) in [5, 5.41) is 12.1. The minimum absolute atomic E-state index is 0. The molecule has 2 unspecified atom stereocenters. The Kier molecular flexibility index (Phi) is 5.44. The van der Waals surface area contributed by atoms with Crippen molar-refractivity contribution in [2.45, 2.75) is 31.7 Å². The number of halogens is 1. The number of phenols is 1. The molecule has 1 aliphatic rings. The monoisotopic (exact) mass is 270 g/mol. The van der Waals surface area contributed by atoms with Crippen molar-refractivity contribution in [3.05, 3.63) is 24.3 Å². The Hall–Kier alpha value is -1.26. The van der Waals surface area contributed by atoms with E-state index in [2.05, 4.69) is 5.32 Å². The highest BCUT2D eigenvalue weighted by Crippen LogP contribution is 2.25. The van der Waals surface area contributed by atoms with Crippen LogP contribution in [0.1, 0.15) is 25.7 Å². The van der Waals surface area contributed by atoms with Crippen molar-refractivity contribution in [3.63, 3.8) is 0 Å². The van der Waals surface area contributed by atoms with E-state index in [1.807, 2.05) is 0 Å². The first-order chi connectivity index (χ1) is 8.15. The van der Waals surface area contributed by atoms with E-state index in [0.29, 0.717) is 5.69 Å². The first kappa shape index (κ1) is 14.8. The SMILES string of the molecule is Cl.NC1CCCC(C(=O)Nc2cccc(O)c2)C1. The number of phenolic OH excluding ortho intramolecular Hbond substituents is 1. The van der Waals surface area contributed by atoms with Crippen LogP contribution in [-0.2, 0) is 4.79 Å². The predicted octanol–water partition coefficient (Wildman–Crippen LogP) is 2.27. The third-order valence-corrected chi connectivity index (χ3v) is 3.20. The van der Waals surface area contributed by atoms with Crippen LogP contribution < -0.4 is 11.1 Å². The fraction of sp³-hybridized carbons (Fsp3) is 0.462. The second-order valence-corrected chi connectivity index (χ2v) is 4.66. The third-order valence-electron chi connectivity index (χ3n) is 3.20. The number of nitrogens with one attached hydrogen (secondary N) is 1. The van der Waals surface area contributed by atoms with Gasteiger partial charge < -0.3 is 16.2 Å². The molecule has 0 aliphatic heterocycles. The van der Waals surface area contributed by atoms with Gasteiger partial charge >= 0.3 is 0 Å². The molecule has 5 heteroatoms. The van der Waals surface area contributed by atoms with Crippen molar-refractivity contribution >= 4 is 24.0 Å². The zero-order valence-corrected chi connectivity index (χ0v) is 11.0. The molecule has 4 nitrogen and oxygen atoms in total. The van der Waals surface area contributed by atoms with E-state index >= 15 is 0 Å². The normalized spacial score (nSPS) is 22.9. The van der Waals surface area contributed by atoms with Gasteiger partial charge in [0.15, 0.2) is 0 Å². The Morgan fingerprint density at radius 3 is 2.83 bits per heavy atom. The lowest BCUT2D eigenvalue weighted by Crippen LogP contribution is -2.34. The molecule has 2 atom stereocenters. The van der Waals surface area contributed by atoms with E-state index < -0.39 is 0 Å². The fourth-order valence-corrected chi connectivity index (χ4v) is 2.29. The van der Waals surface area contributed by atoms with Crippen molar-refractivity contribution in [2.24, 2.45) is 11.7 Å². The summed E-state index contributed by atoms with van der Waals surface area (Å²) in [7, 11) is 0. The topological polar surface area (TPSA) is 75.4 Å². The number of hydrogen-bond donors (Lipinski definition) is 3. The number of carbonyl (C=O) groups excluding carboxylic acids is 1. The second-order valence-electron chi connectivity index (χ2n) is 4.66. The molecule has 0 radical (unpaired) electrons. The summed E-state index contributed by atoms with van der Waals surface area (Å²) in [6.45, 7) is 0. The lowest BCUT2D eigenvalue weighted by atomic mass is 9.85. The highest BCUT2D eigenvalue weighted by Gasteiger charge is 2.25. The van der Waals surface area contributed by atoms with Crippen LogP contribution in [0, 0.1) is 5.92 Å². The van der Waals surface area contributed by atoms with Gasteiger partial charge in [-0.05, 0) is 31.4 Å². The highest BCUT2D eigenvalue weighted by atomic mass is 35.5. The van der Waals surface area contributed by atoms with Crippen LogP contribution in [0.5, 0.6) is 5.75 Å². The number of hydrogen-bond acceptors (Lipinski definition) is 3. The van der Waals surface area contributed by atoms with E-state index in [9.17, 15) is 9.90 Å². The third kappa shape index (κ3) is 3.89. The van der Waals surface area contributed by atoms with E-state index in [-0.39, 0.29) is 36.0 Å². The van der Waals surface area contributed by atoms with Gasteiger partial charge in [0.2, 0.25) is 5.91 Å². The molecule has 0 heterocycles. The summed E-state index contributed by atoms with van der Waals surface area (Å²) < 4.78 is 0. The number of amides is 1. The van der Waals surface area contributed by atoms with Gasteiger partial charge in [-0.15, -0.1) is 12.4 Å². The molecule has 1 aliphatic carbocycles. The summed E-state index contributed by atoms with van der Waals surface area (Å²) in [6.07, 6.45) is 3.68. The van der Waals surface area contributed by atoms with Crippen molar-refractivity contribution in [1.82, 2.24) is 0 Å². The summed E-state index contributed by atoms with van der Waals surface area (Å²) in [4.78, 5) is 12.0. The van der Waals surface area contributed by atoms with Gasteiger partial charge in [0, 0.05) is 23.7 Å². The van der Waals surface area contributed by atoms with Gasteiger partial charge in [-0.3, -0.25) is 4.79 Å². The minimum Gasteiger partial charge on any atom is -0.508 e. The zero-order valence-electron chi connectivity index (χ0n) is 10.1. The molecule has 1 aromatic carbocycles. The van der Waals surface area contributed by atoms with Crippen LogP contribution in [0.2, 0.25) is 0 Å². The summed E-state index contributed by atoms with van der Waals surface area (Å²) in [5.41, 5.74) is 6.49. The van der Waals surface area contributed by atoms with Crippen molar-refractivity contribution in [3.8, 4) is 5.75 Å². The van der Waals surface area contributed by atoms with Gasteiger partial charge in [0.05, 0.1) is 0 Å². The molecular weight excluding hydrogens is 252 g/mol. The standard InChI is InChI=1S/C13H18N2O2.ClH/c14-10-4-1-3-9(7-10)13(17)15-11-5-2-6-12(16)8-11;/h2,5-6,8-10,16H,1,3-4,7,14H2,(H,15,17);1H. The number of benzene rings is 1. The maximum atomic E-state index is 12.0. The number of aromatic hydroxyl groups is 1. The molecule has 1 aromatic rings. The largest absolute Gasteiger partial charge is 0.508 e. The van der Waals surface area contributed by atoms with E-state index in [1.165, 1.54) is 0 Å². The number of rotatable bonds is 2. The molecule has 4 N–H and O–H groups in total. The molecule has 1 fully saturated rings. The number of carbonyl (C=O) groups is 1. The molecule has 1 amide bonds. The minimum atomic E-state index is 0. The van der Waals surface area contributed by atoms with Gasteiger partial charge in [0.25, 0.3) is 0 Å². The second kappa shape index (κ2) is 6.61. The quantitative estimate of drug-likeness (QED) is 0.772. The molecule has 100 valence electrons. The Balaban J connectivity index is 0.00000162. The lowest BCUT2D eigenvalue weighted by Gasteiger charge is -2.25. The Morgan fingerprint density at radius 1 is 1.39 bits per heavy atom. The summed E-state index contributed by atoms with van der Waals surface area (Å²) in [6, 6.07) is 6.73. The molecule has 18 heavy (non-hydrogen) atoms. The van der Waals surface area contributed by atoms with Crippen molar-refractivity contribution in [2.75, 3.05) is 5.32 Å². The van der Waals surface area contributed by atoms with Gasteiger partial charge in [-0.25, -0.2) is 0 Å². The maximum absolute atomic E-state index is 12.0. The van der Waals surface area contributed by atoms with Crippen LogP contribution in [0.4, 0.5) is 5.69 Å². The Labute approximate surface area is 113 Å². The Morgan fingerprint density at radius 2 is 2.17 bits per heavy atom. The molecule has 1 saturated carbocycles. The van der Waals surface area contributed by atoms with Crippen LogP contribution >= 0.6 is 12.4 Å². The molecule has 0 saturated heterocycles. The van der Waals surface area contributed by atoms with E-state index in [0.717, 1.165) is 25.7 Å². The van der Waals surface area contributed by atoms with E-state index in [1.54, 1.807) is 24.3 Å². The average Bonchev–Trinajstić information content (AvgIpc) is 2.29. The van der Waals surface area contributed by atoms with E-state index in [4.69, 9.17) is 5.73 Å². The van der Waals surface area contributed by atoms with Crippen molar-refractivity contribution < 1.29 is 9.90 Å². The molecular formula is C13H19ClN2O2. The fourth-order valence-electron chi connectivity index (χ4n) is 2.29. The summed E-state index contributed by atoms with van der Waals surface area (Å²) in [5.74, 6) is 0.162. The first-order valence-electron chi connectivity index (χ1n) is 6.00. The van der Waals surface area contributed by atoms with Crippen LogP contribution in [0.15, 0.2) is 24.3 Å². The molecule has 0 aromatic heterocycles. The van der Waals surface area contributed by atoms with Crippen LogP contribution in [-0.4, -0.2) is 17.1 Å². The van der Waals surface area contributed by atoms with Gasteiger partial charge in [0.1, 0.15) is 5.75 Å². The van der Waals surface area contributed by atoms with Crippen molar-refractivity contribution in [1.29, 1.82) is 0 Å². The van der Waals surface area contributed by atoms with Gasteiger partial charge in [-0.1, -0.05) is 12.5 Å². The van der Waals surface area contributed by atoms with Crippen LogP contribution in [0.3, 0.4) is 0 Å². The average molecular weight is 271 g/mol.